The summed E-state index contributed by atoms with van der Waals surface area (Å²) >= 11 is 0. The van der Waals surface area contributed by atoms with E-state index in [2.05, 4.69) is 10.6 Å². The molecule has 1 atom stereocenters. The van der Waals surface area contributed by atoms with Gasteiger partial charge in [0.15, 0.2) is 0 Å². The van der Waals surface area contributed by atoms with Gasteiger partial charge in [-0.05, 0) is 13.0 Å². The summed E-state index contributed by atoms with van der Waals surface area (Å²) in [4.78, 5) is 21.7. The molecule has 1 rings (SSSR count). The molecule has 0 aliphatic carbocycles. The van der Waals surface area contributed by atoms with Crippen molar-refractivity contribution in [3.8, 4) is 0 Å². The minimum absolute atomic E-state index is 0.163. The van der Waals surface area contributed by atoms with Crippen LogP contribution in [0, 0.1) is 0 Å². The predicted molar refractivity (Wildman–Crippen MR) is 39.8 cm³/mol. The first-order valence-corrected chi connectivity index (χ1v) is 3.81. The Balaban J connectivity index is 2.44. The lowest BCUT2D eigenvalue weighted by atomic mass is 10.1. The first kappa shape index (κ1) is 8.20. The third-order valence-corrected chi connectivity index (χ3v) is 1.69. The molecule has 0 radical (unpaired) electrons. The largest absolute Gasteiger partial charge is 0.306 e. The van der Waals surface area contributed by atoms with Crippen LogP contribution >= 0.6 is 0 Å². The van der Waals surface area contributed by atoms with E-state index in [4.69, 9.17) is 0 Å². The molecule has 62 valence electrons. The topological polar surface area (TPSA) is 58.2 Å². The van der Waals surface area contributed by atoms with E-state index in [9.17, 15) is 9.59 Å². The number of nitrogens with one attached hydrogen (secondary N) is 2. The maximum atomic E-state index is 11.0. The van der Waals surface area contributed by atoms with Crippen LogP contribution in [0.3, 0.4) is 0 Å². The fourth-order valence-electron chi connectivity index (χ4n) is 1.13. The summed E-state index contributed by atoms with van der Waals surface area (Å²) in [5, 5.41) is 5.26. The van der Waals surface area contributed by atoms with Gasteiger partial charge in [-0.1, -0.05) is 6.92 Å². The van der Waals surface area contributed by atoms with E-state index in [0.717, 1.165) is 6.54 Å². The molecular weight excluding hydrogens is 144 g/mol. The van der Waals surface area contributed by atoms with Crippen LogP contribution in [0.4, 0.5) is 0 Å². The summed E-state index contributed by atoms with van der Waals surface area (Å²) in [5.41, 5.74) is 0. The zero-order valence-corrected chi connectivity index (χ0v) is 6.52. The predicted octanol–water partition coefficient (Wildman–Crippen LogP) is -0.599. The normalized spacial score (nSPS) is 25.0. The number of imide groups is 1. The molecular formula is C7H12N2O2. The van der Waals surface area contributed by atoms with Crippen molar-refractivity contribution in [2.45, 2.75) is 25.8 Å². The lowest BCUT2D eigenvalue weighted by Crippen LogP contribution is -2.50. The van der Waals surface area contributed by atoms with Crippen molar-refractivity contribution in [3.63, 3.8) is 0 Å². The molecule has 4 heteroatoms. The number of rotatable bonds is 2. The van der Waals surface area contributed by atoms with Crippen LogP contribution in [0.1, 0.15) is 19.8 Å². The average Bonchev–Trinajstić information content (AvgIpc) is 1.95. The molecule has 0 aromatic rings. The zero-order chi connectivity index (χ0) is 8.27. The minimum Gasteiger partial charge on any atom is -0.306 e. The molecule has 1 aliphatic rings. The van der Waals surface area contributed by atoms with Gasteiger partial charge < -0.3 is 5.32 Å². The third kappa shape index (κ3) is 2.01. The van der Waals surface area contributed by atoms with Crippen molar-refractivity contribution in [1.82, 2.24) is 10.6 Å². The van der Waals surface area contributed by atoms with Crippen molar-refractivity contribution in [3.05, 3.63) is 0 Å². The second kappa shape index (κ2) is 3.48. The Hall–Kier alpha value is -0.900. The van der Waals surface area contributed by atoms with Gasteiger partial charge in [0.1, 0.15) is 0 Å². The van der Waals surface area contributed by atoms with E-state index in [-0.39, 0.29) is 17.9 Å². The van der Waals surface area contributed by atoms with E-state index >= 15 is 0 Å². The van der Waals surface area contributed by atoms with Crippen LogP contribution in [0.25, 0.3) is 0 Å². The summed E-state index contributed by atoms with van der Waals surface area (Å²) in [5.74, 6) is -0.354. The van der Waals surface area contributed by atoms with E-state index in [1.165, 1.54) is 0 Å². The number of piperidine rings is 1. The van der Waals surface area contributed by atoms with Crippen LogP contribution in [0.5, 0.6) is 0 Å². The first-order valence-electron chi connectivity index (χ1n) is 3.81. The maximum Gasteiger partial charge on any atom is 0.243 e. The molecule has 0 aromatic heterocycles. The van der Waals surface area contributed by atoms with Gasteiger partial charge in [-0.2, -0.15) is 0 Å². The molecule has 1 fully saturated rings. The van der Waals surface area contributed by atoms with E-state index in [1.54, 1.807) is 0 Å². The van der Waals surface area contributed by atoms with Gasteiger partial charge in [-0.15, -0.1) is 0 Å². The quantitative estimate of drug-likeness (QED) is 0.525. The van der Waals surface area contributed by atoms with Crippen LogP contribution in [0.15, 0.2) is 0 Å². The minimum atomic E-state index is -0.192. The highest BCUT2D eigenvalue weighted by Gasteiger charge is 2.24. The highest BCUT2D eigenvalue weighted by atomic mass is 16.2. The Labute approximate surface area is 65.3 Å². The highest BCUT2D eigenvalue weighted by Crippen LogP contribution is 2.03. The third-order valence-electron chi connectivity index (χ3n) is 1.69. The van der Waals surface area contributed by atoms with Gasteiger partial charge in [-0.25, -0.2) is 0 Å². The van der Waals surface area contributed by atoms with Crippen LogP contribution in [-0.2, 0) is 9.59 Å². The average molecular weight is 156 g/mol. The lowest BCUT2D eigenvalue weighted by molar-refractivity contribution is -0.134. The Morgan fingerprint density at radius 3 is 2.91 bits per heavy atom. The van der Waals surface area contributed by atoms with Crippen molar-refractivity contribution >= 4 is 11.8 Å². The van der Waals surface area contributed by atoms with Crippen molar-refractivity contribution in [2.75, 3.05) is 6.54 Å². The number of carbonyl (C=O) groups is 2. The Bertz CT molecular complexity index is 179. The molecule has 0 saturated carbocycles. The molecule has 2 amide bonds. The van der Waals surface area contributed by atoms with Gasteiger partial charge >= 0.3 is 0 Å². The molecule has 0 spiro atoms. The number of amides is 2. The van der Waals surface area contributed by atoms with Gasteiger partial charge in [-0.3, -0.25) is 14.9 Å². The van der Waals surface area contributed by atoms with Crippen LogP contribution < -0.4 is 10.6 Å². The molecule has 1 saturated heterocycles. The Morgan fingerprint density at radius 1 is 1.64 bits per heavy atom. The fraction of sp³-hybridized carbons (Fsp3) is 0.714. The molecule has 1 unspecified atom stereocenters. The number of hydrogen-bond acceptors (Lipinski definition) is 3. The molecule has 2 N–H and O–H groups in total. The summed E-state index contributed by atoms with van der Waals surface area (Å²) < 4.78 is 0. The van der Waals surface area contributed by atoms with Crippen LogP contribution in [0.2, 0.25) is 0 Å². The molecule has 1 aliphatic heterocycles. The van der Waals surface area contributed by atoms with Gasteiger partial charge in [0.2, 0.25) is 11.8 Å². The van der Waals surface area contributed by atoms with Gasteiger partial charge in [0, 0.05) is 6.42 Å². The molecule has 0 bridgehead atoms. The second-order valence-electron chi connectivity index (χ2n) is 2.56. The van der Waals surface area contributed by atoms with E-state index in [1.807, 2.05) is 6.92 Å². The van der Waals surface area contributed by atoms with Gasteiger partial charge in [0.25, 0.3) is 0 Å². The Kier molecular flexibility index (Phi) is 2.59. The van der Waals surface area contributed by atoms with Crippen molar-refractivity contribution in [1.29, 1.82) is 0 Å². The fourth-order valence-corrected chi connectivity index (χ4v) is 1.13. The molecule has 0 aromatic carbocycles. The first-order chi connectivity index (χ1) is 5.24. The van der Waals surface area contributed by atoms with E-state index < -0.39 is 0 Å². The number of likely N-dealkylation sites (N-methyl/N-ethyl adjacent to an activating group) is 1. The molecule has 11 heavy (non-hydrogen) atoms. The monoisotopic (exact) mass is 156 g/mol. The zero-order valence-electron chi connectivity index (χ0n) is 6.52. The molecule has 1 heterocycles. The van der Waals surface area contributed by atoms with Crippen molar-refractivity contribution in [2.24, 2.45) is 0 Å². The van der Waals surface area contributed by atoms with Crippen molar-refractivity contribution < 1.29 is 9.59 Å². The SMILES string of the molecule is CCNC1CCC(=O)NC1=O. The maximum absolute atomic E-state index is 11.0. The van der Waals surface area contributed by atoms with Crippen LogP contribution in [-0.4, -0.2) is 24.4 Å². The summed E-state index contributed by atoms with van der Waals surface area (Å²) in [7, 11) is 0. The smallest absolute Gasteiger partial charge is 0.243 e. The summed E-state index contributed by atoms with van der Waals surface area (Å²) in [6.45, 7) is 2.69. The Morgan fingerprint density at radius 2 is 2.36 bits per heavy atom. The van der Waals surface area contributed by atoms with E-state index in [0.29, 0.717) is 12.8 Å². The number of carbonyl (C=O) groups excluding carboxylic acids is 2. The molecule has 4 nitrogen and oxygen atoms in total. The standard InChI is InChI=1S/C7H12N2O2/c1-2-8-5-3-4-6(10)9-7(5)11/h5,8H,2-4H2,1H3,(H,9,10,11). The number of hydrogen-bond donors (Lipinski definition) is 2. The highest BCUT2D eigenvalue weighted by molar-refractivity contribution is 6.00. The lowest BCUT2D eigenvalue weighted by Gasteiger charge is -2.20. The summed E-state index contributed by atoms with van der Waals surface area (Å²) in [6, 6.07) is -0.169. The summed E-state index contributed by atoms with van der Waals surface area (Å²) in [6.07, 6.45) is 1.07. The van der Waals surface area contributed by atoms with Gasteiger partial charge in [0.05, 0.1) is 6.04 Å². The second-order valence-corrected chi connectivity index (χ2v) is 2.56.